The number of aromatic nitrogens is 3. The molecular formula is C45H31N3. The maximum atomic E-state index is 5.54. The molecule has 3 heteroatoms. The first-order valence-corrected chi connectivity index (χ1v) is 16.6. The third-order valence-electron chi connectivity index (χ3n) is 10.3. The highest BCUT2D eigenvalue weighted by atomic mass is 15.2. The highest BCUT2D eigenvalue weighted by molar-refractivity contribution is 6.23. The zero-order chi connectivity index (χ0) is 32.0. The summed E-state index contributed by atoms with van der Waals surface area (Å²) in [6.45, 7) is 4.59. The number of hydrogen-bond donors (Lipinski definition) is 0. The molecule has 0 amide bonds. The Morgan fingerprint density at radius 1 is 0.500 bits per heavy atom. The molecule has 7 aromatic carbocycles. The first-order chi connectivity index (χ1) is 23.6. The highest BCUT2D eigenvalue weighted by Crippen LogP contribution is 2.51. The molecule has 2 heterocycles. The molecule has 0 saturated carbocycles. The maximum absolute atomic E-state index is 5.54. The third-order valence-corrected chi connectivity index (χ3v) is 10.3. The second kappa shape index (κ2) is 9.97. The van der Waals surface area contributed by atoms with Crippen LogP contribution in [0.25, 0.3) is 82.8 Å². The summed E-state index contributed by atoms with van der Waals surface area (Å²) in [4.78, 5) is 11.1. The lowest BCUT2D eigenvalue weighted by atomic mass is 9.85. The fourth-order valence-electron chi connectivity index (χ4n) is 7.98. The third kappa shape index (κ3) is 3.82. The van der Waals surface area contributed by atoms with Crippen LogP contribution in [0.15, 0.2) is 152 Å². The van der Waals surface area contributed by atoms with Gasteiger partial charge < -0.3 is 0 Å². The zero-order valence-corrected chi connectivity index (χ0v) is 26.8. The summed E-state index contributed by atoms with van der Waals surface area (Å²) in [5.41, 5.74) is 11.1. The van der Waals surface area contributed by atoms with E-state index in [2.05, 4.69) is 170 Å². The van der Waals surface area contributed by atoms with E-state index in [4.69, 9.17) is 9.97 Å². The van der Waals surface area contributed by atoms with Crippen LogP contribution >= 0.6 is 0 Å². The lowest BCUT2D eigenvalue weighted by molar-refractivity contribution is 0.632. The van der Waals surface area contributed by atoms with E-state index >= 15 is 0 Å². The predicted molar refractivity (Wildman–Crippen MR) is 200 cm³/mol. The van der Waals surface area contributed by atoms with Crippen molar-refractivity contribution in [1.29, 1.82) is 0 Å². The zero-order valence-electron chi connectivity index (χ0n) is 26.8. The Hall–Kier alpha value is -6.06. The van der Waals surface area contributed by atoms with Crippen LogP contribution in [0.3, 0.4) is 0 Å². The topological polar surface area (TPSA) is 30.7 Å². The fraction of sp³-hybridized carbons (Fsp3) is 0.0667. The van der Waals surface area contributed by atoms with E-state index in [9.17, 15) is 0 Å². The molecule has 1 aliphatic carbocycles. The molecule has 2 aromatic heterocycles. The molecule has 226 valence electrons. The molecule has 0 N–H and O–H groups in total. The van der Waals surface area contributed by atoms with E-state index in [0.29, 0.717) is 5.95 Å². The van der Waals surface area contributed by atoms with E-state index in [1.807, 2.05) is 0 Å². The van der Waals surface area contributed by atoms with Gasteiger partial charge in [0.2, 0.25) is 5.95 Å². The Labute approximate surface area is 278 Å². The van der Waals surface area contributed by atoms with Crippen LogP contribution in [0.5, 0.6) is 0 Å². The maximum Gasteiger partial charge on any atom is 0.235 e. The molecule has 48 heavy (non-hydrogen) atoms. The van der Waals surface area contributed by atoms with Gasteiger partial charge in [0, 0.05) is 27.3 Å². The fourth-order valence-corrected chi connectivity index (χ4v) is 7.98. The van der Waals surface area contributed by atoms with E-state index in [1.54, 1.807) is 0 Å². The summed E-state index contributed by atoms with van der Waals surface area (Å²) in [6, 6.07) is 54.6. The molecule has 0 radical (unpaired) electrons. The van der Waals surface area contributed by atoms with Crippen LogP contribution in [0.1, 0.15) is 25.1 Å². The van der Waals surface area contributed by atoms with Crippen molar-refractivity contribution in [2.75, 3.05) is 0 Å². The van der Waals surface area contributed by atoms with E-state index in [0.717, 1.165) is 33.5 Å². The molecular weight excluding hydrogens is 583 g/mol. The molecule has 0 spiro atoms. The minimum absolute atomic E-state index is 0.291. The second-order valence-corrected chi connectivity index (χ2v) is 13.4. The molecule has 0 atom stereocenters. The summed E-state index contributed by atoms with van der Waals surface area (Å²) in [6.07, 6.45) is 0. The van der Waals surface area contributed by atoms with Crippen LogP contribution in [-0.2, 0) is 5.41 Å². The molecule has 0 bridgehead atoms. The van der Waals surface area contributed by atoms with E-state index in [-0.39, 0.29) is 5.41 Å². The largest absolute Gasteiger partial charge is 0.278 e. The Bertz CT molecular complexity index is 2730. The molecule has 9 aromatic rings. The molecule has 0 aliphatic heterocycles. The summed E-state index contributed by atoms with van der Waals surface area (Å²) < 4.78 is 2.30. The molecule has 3 nitrogen and oxygen atoms in total. The van der Waals surface area contributed by atoms with Gasteiger partial charge in [-0.2, -0.15) is 0 Å². The number of fused-ring (bicyclic) bond motifs is 9. The number of nitrogens with zero attached hydrogens (tertiary/aromatic N) is 3. The van der Waals surface area contributed by atoms with E-state index in [1.165, 1.54) is 54.6 Å². The van der Waals surface area contributed by atoms with Gasteiger partial charge in [0.1, 0.15) is 0 Å². The van der Waals surface area contributed by atoms with Crippen molar-refractivity contribution in [1.82, 2.24) is 14.5 Å². The molecule has 1 aliphatic rings. The molecule has 0 saturated heterocycles. The standard InChI is InChI=1S/C45H31N3/c1-45(2)37-19-11-10-18-35(37)41-42(31-22-20-29(21-23-31)28-12-4-3-5-13-28)46-44(47-43(41)45)48-38-25-24-30-14-8-9-17-34(30)40(38)36-26-32-15-6-7-16-33(32)27-39(36)48/h3-27H,1-2H3. The van der Waals surface area contributed by atoms with Crippen molar-refractivity contribution in [3.05, 3.63) is 163 Å². The Balaban J connectivity index is 1.31. The monoisotopic (exact) mass is 613 g/mol. The molecule has 0 fully saturated rings. The Kier molecular flexibility index (Phi) is 5.63. The van der Waals surface area contributed by atoms with Gasteiger partial charge in [0.15, 0.2) is 0 Å². The first-order valence-electron chi connectivity index (χ1n) is 16.6. The Morgan fingerprint density at radius 3 is 1.96 bits per heavy atom. The van der Waals surface area contributed by atoms with Crippen LogP contribution in [0, 0.1) is 0 Å². The van der Waals surface area contributed by atoms with Crippen molar-refractivity contribution in [3.8, 4) is 39.5 Å². The Morgan fingerprint density at radius 2 is 1.15 bits per heavy atom. The quantitative estimate of drug-likeness (QED) is 0.198. The second-order valence-electron chi connectivity index (χ2n) is 13.4. The van der Waals surface area contributed by atoms with Crippen LogP contribution in [-0.4, -0.2) is 14.5 Å². The average molecular weight is 614 g/mol. The van der Waals surface area contributed by atoms with Gasteiger partial charge in [-0.05, 0) is 62.0 Å². The van der Waals surface area contributed by atoms with Gasteiger partial charge in [-0.1, -0.05) is 147 Å². The molecule has 10 rings (SSSR count). The first kappa shape index (κ1) is 27.1. The lowest BCUT2D eigenvalue weighted by Crippen LogP contribution is -2.18. The molecule has 0 unspecified atom stereocenters. The van der Waals surface area contributed by atoms with Crippen molar-refractivity contribution < 1.29 is 0 Å². The van der Waals surface area contributed by atoms with Crippen molar-refractivity contribution >= 4 is 43.4 Å². The van der Waals surface area contributed by atoms with Gasteiger partial charge in [0.25, 0.3) is 0 Å². The van der Waals surface area contributed by atoms with Crippen molar-refractivity contribution in [2.24, 2.45) is 0 Å². The SMILES string of the molecule is CC1(C)c2ccccc2-c2c(-c3ccc(-c4ccccc4)cc3)nc(-n3c4cc5ccccc5cc4c4c5ccccc5ccc43)nc21. The summed E-state index contributed by atoms with van der Waals surface area (Å²) in [5, 5.41) is 7.32. The highest BCUT2D eigenvalue weighted by Gasteiger charge is 2.40. The minimum atomic E-state index is -0.291. The van der Waals surface area contributed by atoms with Crippen molar-refractivity contribution in [2.45, 2.75) is 19.3 Å². The predicted octanol–water partition coefficient (Wildman–Crippen LogP) is 11.5. The van der Waals surface area contributed by atoms with Crippen LogP contribution in [0.2, 0.25) is 0 Å². The average Bonchev–Trinajstić information content (AvgIpc) is 3.59. The van der Waals surface area contributed by atoms with Crippen LogP contribution < -0.4 is 0 Å². The lowest BCUT2D eigenvalue weighted by Gasteiger charge is -2.21. The van der Waals surface area contributed by atoms with Gasteiger partial charge in [-0.15, -0.1) is 0 Å². The minimum Gasteiger partial charge on any atom is -0.278 e. The normalized spacial score (nSPS) is 13.4. The summed E-state index contributed by atoms with van der Waals surface area (Å²) >= 11 is 0. The van der Waals surface area contributed by atoms with E-state index < -0.39 is 0 Å². The van der Waals surface area contributed by atoms with Gasteiger partial charge >= 0.3 is 0 Å². The van der Waals surface area contributed by atoms with Crippen molar-refractivity contribution in [3.63, 3.8) is 0 Å². The van der Waals surface area contributed by atoms with Crippen LogP contribution in [0.4, 0.5) is 0 Å². The van der Waals surface area contributed by atoms with Gasteiger partial charge in [0.05, 0.1) is 22.4 Å². The number of rotatable bonds is 3. The number of hydrogen-bond acceptors (Lipinski definition) is 2. The van der Waals surface area contributed by atoms with Gasteiger partial charge in [-0.3, -0.25) is 4.57 Å². The summed E-state index contributed by atoms with van der Waals surface area (Å²) in [5.74, 6) is 0.697. The van der Waals surface area contributed by atoms with Gasteiger partial charge in [-0.25, -0.2) is 9.97 Å². The number of benzene rings is 7. The summed E-state index contributed by atoms with van der Waals surface area (Å²) in [7, 11) is 0. The smallest absolute Gasteiger partial charge is 0.235 e.